The molecule has 0 spiro atoms. The SMILES string of the molecule is CCCCn1nc(C)c2c(C(=O)NCc3ccnn3CC)cc(C3CC3)nc21. The average molecular weight is 380 g/mol. The highest BCUT2D eigenvalue weighted by Crippen LogP contribution is 2.40. The highest BCUT2D eigenvalue weighted by molar-refractivity contribution is 6.06. The van der Waals surface area contributed by atoms with Crippen molar-refractivity contribution in [3.05, 3.63) is 41.0 Å². The molecule has 0 aromatic carbocycles. The lowest BCUT2D eigenvalue weighted by Crippen LogP contribution is -2.25. The normalized spacial score (nSPS) is 14.0. The molecule has 148 valence electrons. The van der Waals surface area contributed by atoms with Crippen LogP contribution in [0.15, 0.2) is 18.3 Å². The van der Waals surface area contributed by atoms with Crippen LogP contribution in [0, 0.1) is 6.92 Å². The van der Waals surface area contributed by atoms with Crippen molar-refractivity contribution in [2.75, 3.05) is 0 Å². The fraction of sp³-hybridized carbons (Fsp3) is 0.524. The summed E-state index contributed by atoms with van der Waals surface area (Å²) < 4.78 is 3.87. The van der Waals surface area contributed by atoms with Gasteiger partial charge in [-0.05, 0) is 45.2 Å². The van der Waals surface area contributed by atoms with Gasteiger partial charge in [-0.15, -0.1) is 0 Å². The fourth-order valence-corrected chi connectivity index (χ4v) is 3.66. The number of carbonyl (C=O) groups is 1. The first-order valence-corrected chi connectivity index (χ1v) is 10.3. The Morgan fingerprint density at radius 2 is 2.11 bits per heavy atom. The third-order valence-corrected chi connectivity index (χ3v) is 5.40. The zero-order chi connectivity index (χ0) is 19.7. The number of nitrogens with zero attached hydrogens (tertiary/aromatic N) is 5. The topological polar surface area (TPSA) is 77.6 Å². The Morgan fingerprint density at radius 3 is 2.82 bits per heavy atom. The molecule has 1 amide bonds. The van der Waals surface area contributed by atoms with Crippen molar-refractivity contribution in [1.29, 1.82) is 0 Å². The van der Waals surface area contributed by atoms with Crippen LogP contribution in [0.3, 0.4) is 0 Å². The summed E-state index contributed by atoms with van der Waals surface area (Å²) >= 11 is 0. The Bertz CT molecular complexity index is 998. The van der Waals surface area contributed by atoms with Crippen LogP contribution >= 0.6 is 0 Å². The highest BCUT2D eigenvalue weighted by Gasteiger charge is 2.28. The third-order valence-electron chi connectivity index (χ3n) is 5.40. The quantitative estimate of drug-likeness (QED) is 0.648. The van der Waals surface area contributed by atoms with Crippen LogP contribution < -0.4 is 5.32 Å². The van der Waals surface area contributed by atoms with Gasteiger partial charge in [0, 0.05) is 30.9 Å². The molecule has 0 saturated heterocycles. The smallest absolute Gasteiger partial charge is 0.252 e. The lowest BCUT2D eigenvalue weighted by atomic mass is 10.1. The monoisotopic (exact) mass is 380 g/mol. The molecule has 1 aliphatic rings. The van der Waals surface area contributed by atoms with Gasteiger partial charge >= 0.3 is 0 Å². The number of aryl methyl sites for hydroxylation is 3. The number of nitrogens with one attached hydrogen (secondary N) is 1. The van der Waals surface area contributed by atoms with Crippen molar-refractivity contribution in [3.8, 4) is 0 Å². The number of rotatable bonds is 8. The van der Waals surface area contributed by atoms with E-state index in [1.807, 2.05) is 35.3 Å². The Kier molecular flexibility index (Phi) is 5.15. The summed E-state index contributed by atoms with van der Waals surface area (Å²) in [6.45, 7) is 8.25. The molecule has 28 heavy (non-hydrogen) atoms. The van der Waals surface area contributed by atoms with Crippen molar-refractivity contribution in [1.82, 2.24) is 29.9 Å². The summed E-state index contributed by atoms with van der Waals surface area (Å²) in [5.74, 6) is 0.406. The summed E-state index contributed by atoms with van der Waals surface area (Å²) in [6.07, 6.45) is 6.21. The molecule has 7 heteroatoms. The first-order chi connectivity index (χ1) is 13.6. The minimum atomic E-state index is -0.0729. The summed E-state index contributed by atoms with van der Waals surface area (Å²) in [7, 11) is 0. The van der Waals surface area contributed by atoms with Gasteiger partial charge in [0.25, 0.3) is 5.91 Å². The Labute approximate surface area is 165 Å². The van der Waals surface area contributed by atoms with E-state index >= 15 is 0 Å². The van der Waals surface area contributed by atoms with Gasteiger partial charge < -0.3 is 5.32 Å². The molecule has 0 aliphatic heterocycles. The van der Waals surface area contributed by atoms with Crippen LogP contribution in [0.25, 0.3) is 11.0 Å². The predicted octanol–water partition coefficient (Wildman–Crippen LogP) is 3.56. The van der Waals surface area contributed by atoms with Gasteiger partial charge in [-0.25, -0.2) is 9.67 Å². The highest BCUT2D eigenvalue weighted by atomic mass is 16.1. The molecular weight excluding hydrogens is 352 g/mol. The lowest BCUT2D eigenvalue weighted by Gasteiger charge is -2.10. The average Bonchev–Trinajstić information content (AvgIpc) is 3.38. The number of unbranched alkanes of at least 4 members (excludes halogenated alkanes) is 1. The maximum absolute atomic E-state index is 13.1. The lowest BCUT2D eigenvalue weighted by molar-refractivity contribution is 0.0951. The van der Waals surface area contributed by atoms with Crippen LogP contribution in [0.5, 0.6) is 0 Å². The number of pyridine rings is 1. The minimum Gasteiger partial charge on any atom is -0.346 e. The molecule has 1 fully saturated rings. The van der Waals surface area contributed by atoms with Crippen molar-refractivity contribution in [2.24, 2.45) is 0 Å². The number of amides is 1. The van der Waals surface area contributed by atoms with Crippen molar-refractivity contribution in [3.63, 3.8) is 0 Å². The maximum Gasteiger partial charge on any atom is 0.252 e. The van der Waals surface area contributed by atoms with E-state index in [2.05, 4.69) is 22.4 Å². The summed E-state index contributed by atoms with van der Waals surface area (Å²) in [6, 6.07) is 3.92. The van der Waals surface area contributed by atoms with Crippen LogP contribution in [-0.2, 0) is 19.6 Å². The molecule has 0 bridgehead atoms. The van der Waals surface area contributed by atoms with Crippen molar-refractivity contribution >= 4 is 16.9 Å². The fourth-order valence-electron chi connectivity index (χ4n) is 3.66. The third kappa shape index (κ3) is 3.53. The molecular formula is C21H28N6O. The van der Waals surface area contributed by atoms with Crippen LogP contribution in [0.4, 0.5) is 0 Å². The van der Waals surface area contributed by atoms with E-state index < -0.39 is 0 Å². The van der Waals surface area contributed by atoms with E-state index in [-0.39, 0.29) is 5.91 Å². The van der Waals surface area contributed by atoms with E-state index in [1.54, 1.807) is 6.20 Å². The Hall–Kier alpha value is -2.70. The second kappa shape index (κ2) is 7.73. The minimum absolute atomic E-state index is 0.0729. The van der Waals surface area contributed by atoms with E-state index in [1.165, 1.54) is 0 Å². The Morgan fingerprint density at radius 1 is 1.29 bits per heavy atom. The number of fused-ring (bicyclic) bond motifs is 1. The van der Waals surface area contributed by atoms with Gasteiger partial charge in [-0.1, -0.05) is 13.3 Å². The molecule has 1 N–H and O–H groups in total. The van der Waals surface area contributed by atoms with Gasteiger partial charge in [-0.2, -0.15) is 10.2 Å². The molecule has 1 aliphatic carbocycles. The van der Waals surface area contributed by atoms with Gasteiger partial charge in [0.15, 0.2) is 5.65 Å². The number of aromatic nitrogens is 5. The number of carbonyl (C=O) groups excluding carboxylic acids is 1. The second-order valence-corrected chi connectivity index (χ2v) is 7.55. The van der Waals surface area contributed by atoms with E-state index in [9.17, 15) is 4.79 Å². The Balaban J connectivity index is 1.68. The predicted molar refractivity (Wildman–Crippen MR) is 108 cm³/mol. The van der Waals surface area contributed by atoms with Crippen LogP contribution in [0.2, 0.25) is 0 Å². The molecule has 0 radical (unpaired) electrons. The summed E-state index contributed by atoms with van der Waals surface area (Å²) in [5.41, 5.74) is 4.42. The van der Waals surface area contributed by atoms with Gasteiger partial charge in [0.2, 0.25) is 0 Å². The summed E-state index contributed by atoms with van der Waals surface area (Å²) in [4.78, 5) is 18.0. The first kappa shape index (κ1) is 18.7. The van der Waals surface area contributed by atoms with Gasteiger partial charge in [0.1, 0.15) is 0 Å². The van der Waals surface area contributed by atoms with Gasteiger partial charge in [-0.3, -0.25) is 9.48 Å². The van der Waals surface area contributed by atoms with Crippen molar-refractivity contribution < 1.29 is 4.79 Å². The van der Waals surface area contributed by atoms with Crippen LogP contribution in [-0.4, -0.2) is 30.5 Å². The molecule has 3 aromatic rings. The zero-order valence-electron chi connectivity index (χ0n) is 16.9. The summed E-state index contributed by atoms with van der Waals surface area (Å²) in [5, 5.41) is 12.9. The van der Waals surface area contributed by atoms with Gasteiger partial charge in [0.05, 0.1) is 28.9 Å². The molecule has 0 atom stereocenters. The second-order valence-electron chi connectivity index (χ2n) is 7.55. The van der Waals surface area contributed by atoms with E-state index in [0.29, 0.717) is 18.0 Å². The first-order valence-electron chi connectivity index (χ1n) is 10.3. The molecule has 0 unspecified atom stereocenters. The molecule has 4 rings (SSSR count). The molecule has 7 nitrogen and oxygen atoms in total. The maximum atomic E-state index is 13.1. The number of hydrogen-bond donors (Lipinski definition) is 1. The van der Waals surface area contributed by atoms with Crippen molar-refractivity contribution in [2.45, 2.75) is 72.0 Å². The number of hydrogen-bond acceptors (Lipinski definition) is 4. The molecule has 3 aromatic heterocycles. The standard InChI is InChI=1S/C21H28N6O/c1-4-6-11-27-20-19(14(3)25-27)17(12-18(24-20)15-7-8-15)21(28)22-13-16-9-10-23-26(16)5-2/h9-10,12,15H,4-8,11,13H2,1-3H3,(H,22,28). The zero-order valence-corrected chi connectivity index (χ0v) is 16.9. The van der Waals surface area contributed by atoms with E-state index in [0.717, 1.165) is 66.9 Å². The van der Waals surface area contributed by atoms with Crippen LogP contribution in [0.1, 0.15) is 72.9 Å². The molecule has 3 heterocycles. The molecule has 1 saturated carbocycles. The largest absolute Gasteiger partial charge is 0.346 e. The van der Waals surface area contributed by atoms with E-state index in [4.69, 9.17) is 4.98 Å².